The lowest BCUT2D eigenvalue weighted by Gasteiger charge is -2.34. The molecular formula is C13H19NO3. The molecule has 0 fully saturated rings. The minimum atomic E-state index is -0.896. The molecule has 0 atom stereocenters. The second-order valence-electron chi connectivity index (χ2n) is 4.54. The van der Waals surface area contributed by atoms with Gasteiger partial charge in [-0.25, -0.2) is 0 Å². The molecule has 4 heteroatoms. The van der Waals surface area contributed by atoms with E-state index in [1.54, 1.807) is 38.1 Å². The zero-order chi connectivity index (χ0) is 13.1. The van der Waals surface area contributed by atoms with Crippen molar-refractivity contribution in [1.82, 2.24) is 4.90 Å². The minimum absolute atomic E-state index is 0.217. The summed E-state index contributed by atoms with van der Waals surface area (Å²) >= 11 is 0. The van der Waals surface area contributed by atoms with Gasteiger partial charge < -0.3 is 10.2 Å². The maximum absolute atomic E-state index is 11.2. The Morgan fingerprint density at radius 1 is 1.29 bits per heavy atom. The molecule has 0 aliphatic rings. The summed E-state index contributed by atoms with van der Waals surface area (Å²) in [4.78, 5) is 13.1. The van der Waals surface area contributed by atoms with Crippen LogP contribution in [0.15, 0.2) is 24.3 Å². The highest BCUT2D eigenvalue weighted by Crippen LogP contribution is 2.19. The van der Waals surface area contributed by atoms with Crippen LogP contribution in [0.2, 0.25) is 0 Å². The van der Waals surface area contributed by atoms with Crippen molar-refractivity contribution in [3.8, 4) is 5.75 Å². The van der Waals surface area contributed by atoms with Gasteiger partial charge in [0, 0.05) is 6.54 Å². The van der Waals surface area contributed by atoms with Crippen LogP contribution < -0.4 is 0 Å². The Morgan fingerprint density at radius 3 is 2.24 bits per heavy atom. The van der Waals surface area contributed by atoms with Gasteiger partial charge in [-0.1, -0.05) is 19.1 Å². The molecule has 4 nitrogen and oxygen atoms in total. The molecule has 0 saturated heterocycles. The molecule has 0 aromatic heterocycles. The first-order valence-electron chi connectivity index (χ1n) is 5.64. The number of likely N-dealkylation sites (N-methyl/N-ethyl adjacent to an activating group) is 1. The number of aliphatic carboxylic acids is 1. The predicted octanol–water partition coefficient (Wildman–Crippen LogP) is 2.08. The fraction of sp³-hybridized carbons (Fsp3) is 0.462. The Labute approximate surface area is 101 Å². The molecule has 1 aromatic rings. The summed E-state index contributed by atoms with van der Waals surface area (Å²) in [6.07, 6.45) is 0. The van der Waals surface area contributed by atoms with Gasteiger partial charge in [0.25, 0.3) is 0 Å². The molecule has 94 valence electrons. The third kappa shape index (κ3) is 3.20. The van der Waals surface area contributed by atoms with Crippen LogP contribution in [0.1, 0.15) is 26.3 Å². The number of nitrogens with zero attached hydrogens (tertiary/aromatic N) is 1. The van der Waals surface area contributed by atoms with Crippen LogP contribution in [0.25, 0.3) is 0 Å². The molecule has 0 spiro atoms. The number of carboxylic acid groups (broad SMARTS) is 1. The Bertz CT molecular complexity index is 384. The molecule has 1 rings (SSSR count). The third-order valence-corrected chi connectivity index (χ3v) is 3.01. The monoisotopic (exact) mass is 237 g/mol. The van der Waals surface area contributed by atoms with E-state index in [4.69, 9.17) is 0 Å². The quantitative estimate of drug-likeness (QED) is 0.823. The Morgan fingerprint density at radius 2 is 1.82 bits per heavy atom. The number of hydrogen-bond acceptors (Lipinski definition) is 3. The van der Waals surface area contributed by atoms with E-state index in [1.165, 1.54) is 0 Å². The second-order valence-corrected chi connectivity index (χ2v) is 4.54. The van der Waals surface area contributed by atoms with Crippen molar-refractivity contribution in [1.29, 1.82) is 0 Å². The Balaban J connectivity index is 2.83. The topological polar surface area (TPSA) is 60.8 Å². The van der Waals surface area contributed by atoms with E-state index in [2.05, 4.69) is 0 Å². The number of aromatic hydroxyl groups is 1. The zero-order valence-electron chi connectivity index (χ0n) is 10.5. The smallest absolute Gasteiger partial charge is 0.323 e. The van der Waals surface area contributed by atoms with Crippen molar-refractivity contribution in [2.45, 2.75) is 32.9 Å². The molecule has 0 aliphatic carbocycles. The van der Waals surface area contributed by atoms with Crippen LogP contribution in [0.3, 0.4) is 0 Å². The molecule has 0 radical (unpaired) electrons. The first-order valence-corrected chi connectivity index (χ1v) is 5.64. The highest BCUT2D eigenvalue weighted by atomic mass is 16.4. The average Bonchev–Trinajstić information content (AvgIpc) is 2.27. The fourth-order valence-corrected chi connectivity index (χ4v) is 1.66. The van der Waals surface area contributed by atoms with Crippen molar-refractivity contribution in [2.75, 3.05) is 6.54 Å². The van der Waals surface area contributed by atoms with Crippen molar-refractivity contribution < 1.29 is 15.0 Å². The van der Waals surface area contributed by atoms with E-state index in [0.29, 0.717) is 13.1 Å². The number of rotatable bonds is 5. The lowest BCUT2D eigenvalue weighted by Crippen LogP contribution is -2.49. The van der Waals surface area contributed by atoms with Gasteiger partial charge >= 0.3 is 5.97 Å². The summed E-state index contributed by atoms with van der Waals surface area (Å²) in [6.45, 7) is 6.53. The van der Waals surface area contributed by atoms with Gasteiger partial charge in [0.15, 0.2) is 0 Å². The van der Waals surface area contributed by atoms with Gasteiger partial charge in [-0.2, -0.15) is 0 Å². The first-order chi connectivity index (χ1) is 7.87. The summed E-state index contributed by atoms with van der Waals surface area (Å²) in [6, 6.07) is 6.82. The van der Waals surface area contributed by atoms with E-state index in [-0.39, 0.29) is 5.75 Å². The SMILES string of the molecule is CCN(Cc1ccc(O)cc1)C(C)(C)C(=O)O. The van der Waals surface area contributed by atoms with Crippen molar-refractivity contribution >= 4 is 5.97 Å². The molecule has 0 bridgehead atoms. The average molecular weight is 237 g/mol. The van der Waals surface area contributed by atoms with Gasteiger partial charge in [-0.15, -0.1) is 0 Å². The van der Waals surface area contributed by atoms with Crippen LogP contribution in [0.4, 0.5) is 0 Å². The van der Waals surface area contributed by atoms with Gasteiger partial charge in [-0.05, 0) is 38.1 Å². The van der Waals surface area contributed by atoms with Gasteiger partial charge in [-0.3, -0.25) is 9.69 Å². The van der Waals surface area contributed by atoms with Crippen LogP contribution in [0.5, 0.6) is 5.75 Å². The first kappa shape index (κ1) is 13.5. The van der Waals surface area contributed by atoms with Gasteiger partial charge in [0.1, 0.15) is 11.3 Å². The Kier molecular flexibility index (Phi) is 4.12. The normalized spacial score (nSPS) is 11.8. The van der Waals surface area contributed by atoms with E-state index in [0.717, 1.165) is 5.56 Å². The standard InChI is InChI=1S/C13H19NO3/c1-4-14(13(2,3)12(16)17)9-10-5-7-11(15)8-6-10/h5-8,15H,4,9H2,1-3H3,(H,16,17). The highest BCUT2D eigenvalue weighted by molar-refractivity contribution is 5.77. The van der Waals surface area contributed by atoms with E-state index < -0.39 is 11.5 Å². The molecule has 1 aromatic carbocycles. The second kappa shape index (κ2) is 5.19. The molecule has 0 heterocycles. The van der Waals surface area contributed by atoms with Crippen LogP contribution in [0, 0.1) is 0 Å². The summed E-state index contributed by atoms with van der Waals surface area (Å²) in [7, 11) is 0. The number of phenolic OH excluding ortho intramolecular Hbond substituents is 1. The number of carbonyl (C=O) groups is 1. The predicted molar refractivity (Wildman–Crippen MR) is 65.9 cm³/mol. The lowest BCUT2D eigenvalue weighted by molar-refractivity contribution is -0.149. The minimum Gasteiger partial charge on any atom is -0.508 e. The van der Waals surface area contributed by atoms with E-state index in [9.17, 15) is 15.0 Å². The summed E-state index contributed by atoms with van der Waals surface area (Å²) < 4.78 is 0. The molecule has 0 amide bonds. The molecule has 0 saturated carbocycles. The summed E-state index contributed by atoms with van der Waals surface area (Å²) in [5.74, 6) is -0.618. The fourth-order valence-electron chi connectivity index (χ4n) is 1.66. The molecule has 17 heavy (non-hydrogen) atoms. The van der Waals surface area contributed by atoms with Gasteiger partial charge in [0.05, 0.1) is 0 Å². The van der Waals surface area contributed by atoms with Crippen molar-refractivity contribution in [2.24, 2.45) is 0 Å². The highest BCUT2D eigenvalue weighted by Gasteiger charge is 2.33. The molecule has 0 aliphatic heterocycles. The van der Waals surface area contributed by atoms with Crippen LogP contribution in [-0.4, -0.2) is 33.2 Å². The van der Waals surface area contributed by atoms with Crippen molar-refractivity contribution in [3.05, 3.63) is 29.8 Å². The zero-order valence-corrected chi connectivity index (χ0v) is 10.5. The number of phenols is 1. The number of hydrogen-bond donors (Lipinski definition) is 2. The molecule has 0 unspecified atom stereocenters. The van der Waals surface area contributed by atoms with E-state index >= 15 is 0 Å². The molecular weight excluding hydrogens is 218 g/mol. The molecule has 2 N–H and O–H groups in total. The van der Waals surface area contributed by atoms with Crippen LogP contribution >= 0.6 is 0 Å². The third-order valence-electron chi connectivity index (χ3n) is 3.01. The number of carboxylic acids is 1. The maximum atomic E-state index is 11.2. The lowest BCUT2D eigenvalue weighted by atomic mass is 10.0. The summed E-state index contributed by atoms with van der Waals surface area (Å²) in [5, 5.41) is 18.4. The number of benzene rings is 1. The van der Waals surface area contributed by atoms with Crippen molar-refractivity contribution in [3.63, 3.8) is 0 Å². The largest absolute Gasteiger partial charge is 0.508 e. The Hall–Kier alpha value is -1.55. The van der Waals surface area contributed by atoms with Crippen LogP contribution in [-0.2, 0) is 11.3 Å². The summed E-state index contributed by atoms with van der Waals surface area (Å²) in [5.41, 5.74) is 0.0890. The van der Waals surface area contributed by atoms with E-state index in [1.807, 2.05) is 11.8 Å². The maximum Gasteiger partial charge on any atom is 0.323 e. The van der Waals surface area contributed by atoms with Gasteiger partial charge in [0.2, 0.25) is 0 Å².